The van der Waals surface area contributed by atoms with E-state index in [2.05, 4.69) is 17.2 Å². The van der Waals surface area contributed by atoms with Crippen LogP contribution in [-0.2, 0) is 9.59 Å². The molecule has 20 heavy (non-hydrogen) atoms. The molecular formula is C16H22N2O2. The van der Waals surface area contributed by atoms with E-state index in [1.165, 1.54) is 0 Å². The van der Waals surface area contributed by atoms with Gasteiger partial charge in [0.2, 0.25) is 11.8 Å². The SMILES string of the molecule is C=CCNC(=O)C(C)(C)C(=O)Nc1ccc(C)c(C)c1. The fourth-order valence-corrected chi connectivity index (χ4v) is 1.60. The maximum atomic E-state index is 12.2. The number of hydrogen-bond donors (Lipinski definition) is 2. The quantitative estimate of drug-likeness (QED) is 0.640. The van der Waals surface area contributed by atoms with Gasteiger partial charge in [0.05, 0.1) is 0 Å². The zero-order valence-corrected chi connectivity index (χ0v) is 12.5. The Morgan fingerprint density at radius 2 is 1.85 bits per heavy atom. The first-order valence-electron chi connectivity index (χ1n) is 6.57. The first-order chi connectivity index (χ1) is 9.28. The van der Waals surface area contributed by atoms with Crippen LogP contribution >= 0.6 is 0 Å². The second-order valence-electron chi connectivity index (χ2n) is 5.38. The van der Waals surface area contributed by atoms with Crippen molar-refractivity contribution in [2.24, 2.45) is 5.41 Å². The number of benzene rings is 1. The monoisotopic (exact) mass is 274 g/mol. The van der Waals surface area contributed by atoms with Crippen LogP contribution < -0.4 is 10.6 Å². The molecule has 1 aromatic rings. The third kappa shape index (κ3) is 3.70. The molecule has 0 fully saturated rings. The number of carbonyl (C=O) groups excluding carboxylic acids is 2. The summed E-state index contributed by atoms with van der Waals surface area (Å²) in [5.74, 6) is -0.652. The normalized spacial score (nSPS) is 10.8. The van der Waals surface area contributed by atoms with Crippen LogP contribution in [-0.4, -0.2) is 18.4 Å². The third-order valence-electron chi connectivity index (χ3n) is 3.31. The lowest BCUT2D eigenvalue weighted by Crippen LogP contribution is -2.45. The van der Waals surface area contributed by atoms with E-state index in [0.29, 0.717) is 12.2 Å². The van der Waals surface area contributed by atoms with Crippen LogP contribution in [0.1, 0.15) is 25.0 Å². The van der Waals surface area contributed by atoms with Gasteiger partial charge in [-0.2, -0.15) is 0 Å². The number of nitrogens with one attached hydrogen (secondary N) is 2. The van der Waals surface area contributed by atoms with Crippen LogP contribution in [0.4, 0.5) is 5.69 Å². The van der Waals surface area contributed by atoms with Gasteiger partial charge in [0.1, 0.15) is 5.41 Å². The Balaban J connectivity index is 2.80. The van der Waals surface area contributed by atoms with Gasteiger partial charge < -0.3 is 10.6 Å². The minimum atomic E-state index is -1.14. The summed E-state index contributed by atoms with van der Waals surface area (Å²) in [6, 6.07) is 5.67. The van der Waals surface area contributed by atoms with Gasteiger partial charge in [0.25, 0.3) is 0 Å². The first-order valence-corrected chi connectivity index (χ1v) is 6.57. The van der Waals surface area contributed by atoms with Crippen molar-refractivity contribution in [1.82, 2.24) is 5.32 Å². The topological polar surface area (TPSA) is 58.2 Å². The van der Waals surface area contributed by atoms with Gasteiger partial charge in [-0.05, 0) is 51.0 Å². The van der Waals surface area contributed by atoms with E-state index in [1.807, 2.05) is 32.0 Å². The van der Waals surface area contributed by atoms with Crippen molar-refractivity contribution in [3.05, 3.63) is 42.0 Å². The lowest BCUT2D eigenvalue weighted by molar-refractivity contribution is -0.138. The molecule has 0 aliphatic rings. The number of carbonyl (C=O) groups is 2. The zero-order chi connectivity index (χ0) is 15.3. The average molecular weight is 274 g/mol. The molecular weight excluding hydrogens is 252 g/mol. The van der Waals surface area contributed by atoms with E-state index in [9.17, 15) is 9.59 Å². The summed E-state index contributed by atoms with van der Waals surface area (Å²) in [5.41, 5.74) is 1.81. The molecule has 0 aromatic heterocycles. The van der Waals surface area contributed by atoms with Crippen molar-refractivity contribution >= 4 is 17.5 Å². The fourth-order valence-electron chi connectivity index (χ4n) is 1.60. The van der Waals surface area contributed by atoms with Gasteiger partial charge in [-0.3, -0.25) is 9.59 Å². The average Bonchev–Trinajstić information content (AvgIpc) is 2.39. The number of aryl methyl sites for hydroxylation is 2. The van der Waals surface area contributed by atoms with Crippen molar-refractivity contribution < 1.29 is 9.59 Å². The summed E-state index contributed by atoms with van der Waals surface area (Å²) in [7, 11) is 0. The molecule has 4 nitrogen and oxygen atoms in total. The number of rotatable bonds is 5. The molecule has 2 amide bonds. The predicted molar refractivity (Wildman–Crippen MR) is 81.5 cm³/mol. The summed E-state index contributed by atoms with van der Waals surface area (Å²) in [6.45, 7) is 11.1. The number of anilines is 1. The highest BCUT2D eigenvalue weighted by Crippen LogP contribution is 2.20. The second-order valence-corrected chi connectivity index (χ2v) is 5.38. The van der Waals surface area contributed by atoms with E-state index in [4.69, 9.17) is 0 Å². The minimum absolute atomic E-state index is 0.321. The van der Waals surface area contributed by atoms with Gasteiger partial charge in [-0.1, -0.05) is 12.1 Å². The van der Waals surface area contributed by atoms with Gasteiger partial charge in [0, 0.05) is 12.2 Å². The molecule has 4 heteroatoms. The Morgan fingerprint density at radius 1 is 1.20 bits per heavy atom. The molecule has 0 unspecified atom stereocenters. The molecule has 0 saturated carbocycles. The lowest BCUT2D eigenvalue weighted by atomic mass is 9.91. The van der Waals surface area contributed by atoms with Crippen molar-refractivity contribution in [2.75, 3.05) is 11.9 Å². The Hall–Kier alpha value is -2.10. The molecule has 0 radical (unpaired) electrons. The van der Waals surface area contributed by atoms with Crippen molar-refractivity contribution in [3.63, 3.8) is 0 Å². The van der Waals surface area contributed by atoms with Gasteiger partial charge in [-0.25, -0.2) is 0 Å². The van der Waals surface area contributed by atoms with Crippen LogP contribution in [0, 0.1) is 19.3 Å². The van der Waals surface area contributed by atoms with E-state index in [-0.39, 0.29) is 11.8 Å². The largest absolute Gasteiger partial charge is 0.352 e. The molecule has 0 aliphatic carbocycles. The number of amides is 2. The van der Waals surface area contributed by atoms with Crippen LogP contribution in [0.2, 0.25) is 0 Å². The van der Waals surface area contributed by atoms with E-state index in [1.54, 1.807) is 19.9 Å². The van der Waals surface area contributed by atoms with Crippen LogP contribution in [0.15, 0.2) is 30.9 Å². The summed E-state index contributed by atoms with van der Waals surface area (Å²) in [4.78, 5) is 24.2. The molecule has 2 N–H and O–H groups in total. The molecule has 0 saturated heterocycles. The Kier molecular flexibility index (Phi) is 5.08. The second kappa shape index (κ2) is 6.37. The fraction of sp³-hybridized carbons (Fsp3) is 0.375. The molecule has 0 bridgehead atoms. The summed E-state index contributed by atoms with van der Waals surface area (Å²) < 4.78 is 0. The summed E-state index contributed by atoms with van der Waals surface area (Å²) in [6.07, 6.45) is 1.58. The van der Waals surface area contributed by atoms with Crippen LogP contribution in [0.5, 0.6) is 0 Å². The Morgan fingerprint density at radius 3 is 2.40 bits per heavy atom. The minimum Gasteiger partial charge on any atom is -0.352 e. The molecule has 108 valence electrons. The van der Waals surface area contributed by atoms with Gasteiger partial charge in [0.15, 0.2) is 0 Å². The lowest BCUT2D eigenvalue weighted by Gasteiger charge is -2.22. The molecule has 0 heterocycles. The molecule has 1 aromatic carbocycles. The predicted octanol–water partition coefficient (Wildman–Crippen LogP) is 2.57. The highest BCUT2D eigenvalue weighted by Gasteiger charge is 2.35. The third-order valence-corrected chi connectivity index (χ3v) is 3.31. The van der Waals surface area contributed by atoms with Crippen molar-refractivity contribution in [2.45, 2.75) is 27.7 Å². The molecule has 0 aliphatic heterocycles. The van der Waals surface area contributed by atoms with Crippen LogP contribution in [0.25, 0.3) is 0 Å². The molecule has 0 spiro atoms. The molecule has 1 rings (SSSR count). The van der Waals surface area contributed by atoms with Crippen molar-refractivity contribution in [1.29, 1.82) is 0 Å². The van der Waals surface area contributed by atoms with E-state index in [0.717, 1.165) is 11.1 Å². The Bertz CT molecular complexity index is 533. The maximum absolute atomic E-state index is 12.2. The van der Waals surface area contributed by atoms with E-state index < -0.39 is 5.41 Å². The highest BCUT2D eigenvalue weighted by atomic mass is 16.2. The smallest absolute Gasteiger partial charge is 0.239 e. The summed E-state index contributed by atoms with van der Waals surface area (Å²) >= 11 is 0. The van der Waals surface area contributed by atoms with Gasteiger partial charge >= 0.3 is 0 Å². The first kappa shape index (κ1) is 16.0. The standard InChI is InChI=1S/C16H22N2O2/c1-6-9-17-14(19)16(4,5)15(20)18-13-8-7-11(2)12(3)10-13/h6-8,10H,1,9H2,2-5H3,(H,17,19)(H,18,20). The maximum Gasteiger partial charge on any atom is 0.239 e. The number of hydrogen-bond acceptors (Lipinski definition) is 2. The van der Waals surface area contributed by atoms with Crippen molar-refractivity contribution in [3.8, 4) is 0 Å². The van der Waals surface area contributed by atoms with Gasteiger partial charge in [-0.15, -0.1) is 6.58 Å². The summed E-state index contributed by atoms with van der Waals surface area (Å²) in [5, 5.41) is 5.42. The van der Waals surface area contributed by atoms with E-state index >= 15 is 0 Å². The van der Waals surface area contributed by atoms with Crippen LogP contribution in [0.3, 0.4) is 0 Å². The Labute approximate surface area is 120 Å². The zero-order valence-electron chi connectivity index (χ0n) is 12.5. The highest BCUT2D eigenvalue weighted by molar-refractivity contribution is 6.09. The molecule has 0 atom stereocenters.